The van der Waals surface area contributed by atoms with E-state index in [4.69, 9.17) is 4.74 Å². The SMILES string of the molecule is CCOC(=O)CCCNC(=O)Cc1ccc(C)c(C)c1. The maximum atomic E-state index is 11.8. The van der Waals surface area contributed by atoms with Crippen LogP contribution in [0.15, 0.2) is 18.2 Å². The molecule has 0 aromatic heterocycles. The van der Waals surface area contributed by atoms with E-state index in [1.165, 1.54) is 11.1 Å². The van der Waals surface area contributed by atoms with Crippen molar-refractivity contribution in [1.29, 1.82) is 0 Å². The molecule has 0 unspecified atom stereocenters. The third-order valence-corrected chi connectivity index (χ3v) is 3.12. The Kier molecular flexibility index (Phi) is 6.77. The number of benzene rings is 1. The number of amides is 1. The molecule has 0 spiro atoms. The Bertz CT molecular complexity index is 469. The minimum absolute atomic E-state index is 0.0166. The van der Waals surface area contributed by atoms with E-state index in [2.05, 4.69) is 12.2 Å². The van der Waals surface area contributed by atoms with Gasteiger partial charge in [0.05, 0.1) is 13.0 Å². The van der Waals surface area contributed by atoms with Crippen LogP contribution in [0.1, 0.15) is 36.5 Å². The molecule has 1 aromatic rings. The first-order chi connectivity index (χ1) is 9.52. The van der Waals surface area contributed by atoms with Crippen LogP contribution in [0.25, 0.3) is 0 Å². The summed E-state index contributed by atoms with van der Waals surface area (Å²) in [6, 6.07) is 6.03. The van der Waals surface area contributed by atoms with E-state index in [-0.39, 0.29) is 11.9 Å². The van der Waals surface area contributed by atoms with Crippen molar-refractivity contribution in [2.24, 2.45) is 0 Å². The fourth-order valence-corrected chi connectivity index (χ4v) is 1.86. The molecule has 0 fully saturated rings. The monoisotopic (exact) mass is 277 g/mol. The van der Waals surface area contributed by atoms with E-state index < -0.39 is 0 Å². The first kappa shape index (κ1) is 16.2. The van der Waals surface area contributed by atoms with Gasteiger partial charge in [0.15, 0.2) is 0 Å². The third-order valence-electron chi connectivity index (χ3n) is 3.12. The predicted octanol–water partition coefficient (Wildman–Crippen LogP) is 2.31. The molecule has 0 aliphatic heterocycles. The van der Waals surface area contributed by atoms with Crippen molar-refractivity contribution < 1.29 is 14.3 Å². The van der Waals surface area contributed by atoms with E-state index in [9.17, 15) is 9.59 Å². The molecule has 1 rings (SSSR count). The zero-order valence-electron chi connectivity index (χ0n) is 12.5. The van der Waals surface area contributed by atoms with Crippen LogP contribution in [0.5, 0.6) is 0 Å². The Morgan fingerprint density at radius 1 is 1.20 bits per heavy atom. The molecule has 0 radical (unpaired) electrons. The number of carbonyl (C=O) groups excluding carboxylic acids is 2. The van der Waals surface area contributed by atoms with Crippen molar-refractivity contribution >= 4 is 11.9 Å². The Morgan fingerprint density at radius 3 is 2.60 bits per heavy atom. The van der Waals surface area contributed by atoms with Gasteiger partial charge < -0.3 is 10.1 Å². The number of rotatable bonds is 7. The lowest BCUT2D eigenvalue weighted by Gasteiger charge is -2.07. The lowest BCUT2D eigenvalue weighted by Crippen LogP contribution is -2.26. The smallest absolute Gasteiger partial charge is 0.305 e. The van der Waals surface area contributed by atoms with Gasteiger partial charge in [0.25, 0.3) is 0 Å². The Morgan fingerprint density at radius 2 is 1.95 bits per heavy atom. The van der Waals surface area contributed by atoms with Crippen LogP contribution < -0.4 is 5.32 Å². The van der Waals surface area contributed by atoms with Crippen molar-refractivity contribution in [3.05, 3.63) is 34.9 Å². The average molecular weight is 277 g/mol. The second-order valence-electron chi connectivity index (χ2n) is 4.85. The first-order valence-electron chi connectivity index (χ1n) is 7.01. The quantitative estimate of drug-likeness (QED) is 0.614. The maximum absolute atomic E-state index is 11.8. The largest absolute Gasteiger partial charge is 0.466 e. The molecular formula is C16H23NO3. The number of hydrogen-bond donors (Lipinski definition) is 1. The van der Waals surface area contributed by atoms with Crippen LogP contribution in [-0.4, -0.2) is 25.0 Å². The highest BCUT2D eigenvalue weighted by Crippen LogP contribution is 2.10. The van der Waals surface area contributed by atoms with Crippen molar-refractivity contribution in [1.82, 2.24) is 5.32 Å². The van der Waals surface area contributed by atoms with Gasteiger partial charge in [-0.05, 0) is 43.9 Å². The molecule has 1 aromatic carbocycles. The van der Waals surface area contributed by atoms with Gasteiger partial charge >= 0.3 is 5.97 Å². The number of esters is 1. The van der Waals surface area contributed by atoms with E-state index in [1.54, 1.807) is 6.92 Å². The number of aryl methyl sites for hydroxylation is 2. The highest BCUT2D eigenvalue weighted by atomic mass is 16.5. The minimum Gasteiger partial charge on any atom is -0.466 e. The van der Waals surface area contributed by atoms with Gasteiger partial charge in [0.1, 0.15) is 0 Å². The summed E-state index contributed by atoms with van der Waals surface area (Å²) in [5.41, 5.74) is 3.43. The summed E-state index contributed by atoms with van der Waals surface area (Å²) in [5.74, 6) is -0.229. The van der Waals surface area contributed by atoms with Gasteiger partial charge in [-0.25, -0.2) is 0 Å². The molecule has 0 heterocycles. The Hall–Kier alpha value is -1.84. The topological polar surface area (TPSA) is 55.4 Å². The summed E-state index contributed by atoms with van der Waals surface area (Å²) < 4.78 is 4.82. The fourth-order valence-electron chi connectivity index (χ4n) is 1.86. The van der Waals surface area contributed by atoms with Gasteiger partial charge in [0.2, 0.25) is 5.91 Å². The number of hydrogen-bond acceptors (Lipinski definition) is 3. The molecule has 1 N–H and O–H groups in total. The lowest BCUT2D eigenvalue weighted by molar-refractivity contribution is -0.143. The molecule has 20 heavy (non-hydrogen) atoms. The molecule has 0 saturated carbocycles. The normalized spacial score (nSPS) is 10.2. The number of nitrogens with one attached hydrogen (secondary N) is 1. The standard InChI is InChI=1S/C16H23NO3/c1-4-20-16(19)6-5-9-17-15(18)11-14-8-7-12(2)13(3)10-14/h7-8,10H,4-6,9,11H2,1-3H3,(H,17,18). The van der Waals surface area contributed by atoms with Crippen LogP contribution in [0.4, 0.5) is 0 Å². The van der Waals surface area contributed by atoms with Crippen LogP contribution in [0.3, 0.4) is 0 Å². The molecule has 0 bridgehead atoms. The summed E-state index contributed by atoms with van der Waals surface area (Å²) in [7, 11) is 0. The molecule has 4 nitrogen and oxygen atoms in total. The van der Waals surface area contributed by atoms with Crippen molar-refractivity contribution in [3.8, 4) is 0 Å². The van der Waals surface area contributed by atoms with Gasteiger partial charge in [-0.3, -0.25) is 9.59 Å². The van der Waals surface area contributed by atoms with Crippen molar-refractivity contribution in [3.63, 3.8) is 0 Å². The molecule has 110 valence electrons. The summed E-state index contributed by atoms with van der Waals surface area (Å²) in [5, 5.41) is 2.82. The highest BCUT2D eigenvalue weighted by Gasteiger charge is 2.05. The third kappa shape index (κ3) is 5.87. The van der Waals surface area contributed by atoms with Crippen molar-refractivity contribution in [2.45, 2.75) is 40.0 Å². The molecular weight excluding hydrogens is 254 g/mol. The Labute approximate surface area is 120 Å². The van der Waals surface area contributed by atoms with E-state index in [0.717, 1.165) is 5.56 Å². The molecule has 0 saturated heterocycles. The van der Waals surface area contributed by atoms with Crippen LogP contribution in [-0.2, 0) is 20.7 Å². The average Bonchev–Trinajstić information content (AvgIpc) is 2.39. The van der Waals surface area contributed by atoms with Gasteiger partial charge in [-0.15, -0.1) is 0 Å². The van der Waals surface area contributed by atoms with Gasteiger partial charge in [-0.2, -0.15) is 0 Å². The zero-order valence-corrected chi connectivity index (χ0v) is 12.5. The van der Waals surface area contributed by atoms with Crippen LogP contribution in [0, 0.1) is 13.8 Å². The fraction of sp³-hybridized carbons (Fsp3) is 0.500. The zero-order chi connectivity index (χ0) is 15.0. The first-order valence-corrected chi connectivity index (χ1v) is 7.01. The van der Waals surface area contributed by atoms with Crippen LogP contribution in [0.2, 0.25) is 0 Å². The second kappa shape index (κ2) is 8.35. The summed E-state index contributed by atoms with van der Waals surface area (Å²) in [4.78, 5) is 22.9. The molecule has 0 aliphatic carbocycles. The van der Waals surface area contributed by atoms with Gasteiger partial charge in [-0.1, -0.05) is 18.2 Å². The molecule has 0 aliphatic rings. The maximum Gasteiger partial charge on any atom is 0.305 e. The van der Waals surface area contributed by atoms with Crippen LogP contribution >= 0.6 is 0 Å². The molecule has 0 atom stereocenters. The summed E-state index contributed by atoms with van der Waals surface area (Å²) in [6.45, 7) is 6.77. The number of carbonyl (C=O) groups is 2. The highest BCUT2D eigenvalue weighted by molar-refractivity contribution is 5.78. The van der Waals surface area contributed by atoms with E-state index in [0.29, 0.717) is 32.4 Å². The number of ether oxygens (including phenoxy) is 1. The molecule has 1 amide bonds. The lowest BCUT2D eigenvalue weighted by atomic mass is 10.0. The van der Waals surface area contributed by atoms with Crippen molar-refractivity contribution in [2.75, 3.05) is 13.2 Å². The summed E-state index contributed by atoms with van der Waals surface area (Å²) in [6.07, 6.45) is 1.33. The Balaban J connectivity index is 2.26. The van der Waals surface area contributed by atoms with Gasteiger partial charge in [0, 0.05) is 13.0 Å². The predicted molar refractivity (Wildman–Crippen MR) is 78.5 cm³/mol. The molecule has 4 heteroatoms. The second-order valence-corrected chi connectivity index (χ2v) is 4.85. The van der Waals surface area contributed by atoms with E-state index in [1.807, 2.05) is 25.1 Å². The summed E-state index contributed by atoms with van der Waals surface area (Å²) >= 11 is 0. The minimum atomic E-state index is -0.212. The van der Waals surface area contributed by atoms with E-state index >= 15 is 0 Å².